The third-order valence-electron chi connectivity index (χ3n) is 3.89. The Kier molecular flexibility index (Phi) is 6.82. The zero-order valence-corrected chi connectivity index (χ0v) is 14.7. The Balaban J connectivity index is 2.06. The highest BCUT2D eigenvalue weighted by atomic mass is 16.5. The van der Waals surface area contributed by atoms with Gasteiger partial charge in [-0.2, -0.15) is 0 Å². The van der Waals surface area contributed by atoms with Crippen molar-refractivity contribution in [3.63, 3.8) is 0 Å². The molecule has 0 atom stereocenters. The Morgan fingerprint density at radius 3 is 2.50 bits per heavy atom. The lowest BCUT2D eigenvalue weighted by Gasteiger charge is -2.19. The Morgan fingerprint density at radius 1 is 1.12 bits per heavy atom. The van der Waals surface area contributed by atoms with E-state index in [1.54, 1.807) is 4.90 Å². The Labute approximate surface area is 144 Å². The van der Waals surface area contributed by atoms with Crippen molar-refractivity contribution in [2.24, 2.45) is 0 Å². The lowest BCUT2D eigenvalue weighted by Crippen LogP contribution is -2.27. The van der Waals surface area contributed by atoms with Gasteiger partial charge in [0.2, 0.25) is 0 Å². The molecule has 0 aliphatic rings. The molecule has 2 rings (SSSR count). The second kappa shape index (κ2) is 9.08. The molecule has 4 heteroatoms. The Morgan fingerprint density at radius 2 is 1.83 bits per heavy atom. The van der Waals surface area contributed by atoms with E-state index in [-0.39, 0.29) is 5.91 Å². The molecule has 0 saturated heterocycles. The van der Waals surface area contributed by atoms with E-state index in [2.05, 4.69) is 5.32 Å². The van der Waals surface area contributed by atoms with Crippen molar-refractivity contribution in [3.8, 4) is 5.75 Å². The van der Waals surface area contributed by atoms with Gasteiger partial charge in [-0.1, -0.05) is 30.3 Å². The zero-order chi connectivity index (χ0) is 17.4. The van der Waals surface area contributed by atoms with E-state index in [1.807, 2.05) is 69.6 Å². The van der Waals surface area contributed by atoms with Crippen LogP contribution in [0.1, 0.15) is 28.4 Å². The van der Waals surface area contributed by atoms with Gasteiger partial charge in [-0.15, -0.1) is 0 Å². The Bertz CT molecular complexity index is 653. The molecule has 0 radical (unpaired) electrons. The van der Waals surface area contributed by atoms with E-state index >= 15 is 0 Å². The summed E-state index contributed by atoms with van der Waals surface area (Å²) in [6.07, 6.45) is 0.843. The molecule has 0 fully saturated rings. The maximum absolute atomic E-state index is 12.8. The fourth-order valence-electron chi connectivity index (χ4n) is 2.62. The lowest BCUT2D eigenvalue weighted by atomic mass is 10.0. The minimum atomic E-state index is 0.0515. The van der Waals surface area contributed by atoms with Crippen LogP contribution in [0.4, 0.5) is 0 Å². The number of benzene rings is 2. The van der Waals surface area contributed by atoms with Crippen molar-refractivity contribution in [1.29, 1.82) is 0 Å². The molecular weight excluding hydrogens is 300 g/mol. The summed E-state index contributed by atoms with van der Waals surface area (Å²) in [6.45, 7) is 4.05. The molecule has 1 N–H and O–H groups in total. The number of likely N-dealkylation sites (N-methyl/N-ethyl adjacent to an activating group) is 1. The van der Waals surface area contributed by atoms with Crippen molar-refractivity contribution in [2.45, 2.75) is 19.9 Å². The predicted octanol–water partition coefficient (Wildman–Crippen LogP) is 3.12. The summed E-state index contributed by atoms with van der Waals surface area (Å²) in [4.78, 5) is 14.5. The van der Waals surface area contributed by atoms with Gasteiger partial charge >= 0.3 is 0 Å². The molecule has 0 aliphatic carbocycles. The van der Waals surface area contributed by atoms with Crippen LogP contribution in [0.3, 0.4) is 0 Å². The van der Waals surface area contributed by atoms with Crippen LogP contribution < -0.4 is 10.1 Å². The standard InChI is InChI=1S/C20H26N2O2/c1-4-24-18-11-9-16(10-12-18)15-22(3)20(23)19-8-6-5-7-17(19)13-14-21-2/h5-12,21H,4,13-15H2,1-3H3. The van der Waals surface area contributed by atoms with Crippen molar-refractivity contribution < 1.29 is 9.53 Å². The first-order chi connectivity index (χ1) is 11.7. The van der Waals surface area contributed by atoms with Crippen LogP contribution in [0.5, 0.6) is 5.75 Å². The average molecular weight is 326 g/mol. The SMILES string of the molecule is CCOc1ccc(CN(C)C(=O)c2ccccc2CCNC)cc1. The highest BCUT2D eigenvalue weighted by Gasteiger charge is 2.15. The van der Waals surface area contributed by atoms with Crippen LogP contribution in [0.25, 0.3) is 0 Å². The molecule has 4 nitrogen and oxygen atoms in total. The normalized spacial score (nSPS) is 10.5. The lowest BCUT2D eigenvalue weighted by molar-refractivity contribution is 0.0784. The summed E-state index contributed by atoms with van der Waals surface area (Å²) in [5.41, 5.74) is 2.94. The summed E-state index contributed by atoms with van der Waals surface area (Å²) < 4.78 is 5.45. The van der Waals surface area contributed by atoms with E-state index < -0.39 is 0 Å². The maximum atomic E-state index is 12.8. The number of nitrogens with one attached hydrogen (secondary N) is 1. The second-order valence-corrected chi connectivity index (χ2v) is 5.75. The van der Waals surface area contributed by atoms with Crippen molar-refractivity contribution in [1.82, 2.24) is 10.2 Å². The number of carbonyl (C=O) groups excluding carboxylic acids is 1. The van der Waals surface area contributed by atoms with Gasteiger partial charge in [0, 0.05) is 19.2 Å². The topological polar surface area (TPSA) is 41.6 Å². The van der Waals surface area contributed by atoms with Gasteiger partial charge in [0.15, 0.2) is 0 Å². The average Bonchev–Trinajstić information content (AvgIpc) is 2.61. The molecule has 0 unspecified atom stereocenters. The molecule has 1 amide bonds. The van der Waals surface area contributed by atoms with Gasteiger partial charge in [0.25, 0.3) is 5.91 Å². The minimum Gasteiger partial charge on any atom is -0.494 e. The molecule has 128 valence electrons. The molecule has 24 heavy (non-hydrogen) atoms. The minimum absolute atomic E-state index is 0.0515. The molecule has 0 spiro atoms. The van der Waals surface area contributed by atoms with Crippen molar-refractivity contribution >= 4 is 5.91 Å². The van der Waals surface area contributed by atoms with Gasteiger partial charge in [0.1, 0.15) is 5.75 Å². The highest BCUT2D eigenvalue weighted by Crippen LogP contribution is 2.16. The monoisotopic (exact) mass is 326 g/mol. The first kappa shape index (κ1) is 18.0. The van der Waals surface area contributed by atoms with Crippen LogP contribution >= 0.6 is 0 Å². The molecule has 0 aliphatic heterocycles. The molecule has 2 aromatic carbocycles. The van der Waals surface area contributed by atoms with Crippen LogP contribution in [-0.4, -0.2) is 38.1 Å². The maximum Gasteiger partial charge on any atom is 0.254 e. The second-order valence-electron chi connectivity index (χ2n) is 5.75. The third kappa shape index (κ3) is 4.83. The Hall–Kier alpha value is -2.33. The predicted molar refractivity (Wildman–Crippen MR) is 97.5 cm³/mol. The first-order valence-electron chi connectivity index (χ1n) is 8.35. The third-order valence-corrected chi connectivity index (χ3v) is 3.89. The molecule has 0 saturated carbocycles. The fraction of sp³-hybridized carbons (Fsp3) is 0.350. The summed E-state index contributed by atoms with van der Waals surface area (Å²) >= 11 is 0. The number of hydrogen-bond acceptors (Lipinski definition) is 3. The number of ether oxygens (including phenoxy) is 1. The summed E-state index contributed by atoms with van der Waals surface area (Å²) in [6, 6.07) is 15.7. The highest BCUT2D eigenvalue weighted by molar-refractivity contribution is 5.95. The summed E-state index contributed by atoms with van der Waals surface area (Å²) in [5, 5.41) is 3.13. The summed E-state index contributed by atoms with van der Waals surface area (Å²) in [5.74, 6) is 0.906. The van der Waals surface area contributed by atoms with Crippen LogP contribution in [-0.2, 0) is 13.0 Å². The molecular formula is C20H26N2O2. The van der Waals surface area contributed by atoms with Gasteiger partial charge in [0.05, 0.1) is 6.61 Å². The van der Waals surface area contributed by atoms with Gasteiger partial charge in [-0.3, -0.25) is 4.79 Å². The van der Waals surface area contributed by atoms with E-state index in [4.69, 9.17) is 4.74 Å². The van der Waals surface area contributed by atoms with Gasteiger partial charge in [-0.05, 0) is 56.3 Å². The number of amides is 1. The smallest absolute Gasteiger partial charge is 0.254 e. The van der Waals surface area contributed by atoms with Crippen molar-refractivity contribution in [2.75, 3.05) is 27.2 Å². The molecule has 2 aromatic rings. The van der Waals surface area contributed by atoms with E-state index in [1.165, 1.54) is 0 Å². The largest absolute Gasteiger partial charge is 0.494 e. The molecule has 0 heterocycles. The van der Waals surface area contributed by atoms with Gasteiger partial charge in [-0.25, -0.2) is 0 Å². The quantitative estimate of drug-likeness (QED) is 0.810. The van der Waals surface area contributed by atoms with E-state index in [9.17, 15) is 4.79 Å². The molecule has 0 aromatic heterocycles. The van der Waals surface area contributed by atoms with E-state index in [0.29, 0.717) is 13.2 Å². The first-order valence-corrected chi connectivity index (χ1v) is 8.35. The van der Waals surface area contributed by atoms with E-state index in [0.717, 1.165) is 35.4 Å². The summed E-state index contributed by atoms with van der Waals surface area (Å²) in [7, 11) is 3.76. The fourth-order valence-corrected chi connectivity index (χ4v) is 2.62. The van der Waals surface area contributed by atoms with Gasteiger partial charge < -0.3 is 15.0 Å². The van der Waals surface area contributed by atoms with Crippen LogP contribution in [0, 0.1) is 0 Å². The number of carbonyl (C=O) groups is 1. The zero-order valence-electron chi connectivity index (χ0n) is 14.7. The number of hydrogen-bond donors (Lipinski definition) is 1. The van der Waals surface area contributed by atoms with Crippen LogP contribution in [0.15, 0.2) is 48.5 Å². The molecule has 0 bridgehead atoms. The number of rotatable bonds is 8. The van der Waals surface area contributed by atoms with Crippen LogP contribution in [0.2, 0.25) is 0 Å². The van der Waals surface area contributed by atoms with Crippen molar-refractivity contribution in [3.05, 3.63) is 65.2 Å². The number of nitrogens with zero attached hydrogens (tertiary/aromatic N) is 1.